The molecule has 0 aliphatic rings. The zero-order valence-electron chi connectivity index (χ0n) is 11.8. The van der Waals surface area contributed by atoms with E-state index in [1.165, 1.54) is 18.7 Å². The van der Waals surface area contributed by atoms with Crippen LogP contribution >= 0.6 is 11.6 Å². The van der Waals surface area contributed by atoms with Crippen molar-refractivity contribution >= 4 is 17.5 Å². The van der Waals surface area contributed by atoms with Gasteiger partial charge in [-0.25, -0.2) is 0 Å². The van der Waals surface area contributed by atoms with Gasteiger partial charge in [0.05, 0.1) is 10.7 Å². The van der Waals surface area contributed by atoms with Crippen molar-refractivity contribution in [3.05, 3.63) is 16.4 Å². The highest BCUT2D eigenvalue weighted by Gasteiger charge is 2.39. The third-order valence-electron chi connectivity index (χ3n) is 3.14. The maximum atomic E-state index is 12.7. The molecule has 0 aliphatic carbocycles. The molecule has 1 atom stereocenters. The lowest BCUT2D eigenvalue weighted by atomic mass is 10.2. The number of carbonyl (C=O) groups excluding carboxylic acids is 1. The van der Waals surface area contributed by atoms with Crippen molar-refractivity contribution in [2.75, 3.05) is 13.1 Å². The fourth-order valence-corrected chi connectivity index (χ4v) is 2.19. The summed E-state index contributed by atoms with van der Waals surface area (Å²) in [5.41, 5.74) is -1.03. The van der Waals surface area contributed by atoms with E-state index in [1.54, 1.807) is 13.8 Å². The highest BCUT2D eigenvalue weighted by molar-refractivity contribution is 6.32. The Hall–Kier alpha value is -1.24. The Kier molecular flexibility index (Phi) is 5.07. The number of carbonyl (C=O) groups is 1. The van der Waals surface area contributed by atoms with Crippen molar-refractivity contribution < 1.29 is 18.0 Å². The quantitative estimate of drug-likeness (QED) is 0.855. The molecule has 0 spiro atoms. The molecular weight excluding hydrogens is 295 g/mol. The summed E-state index contributed by atoms with van der Waals surface area (Å²) in [6, 6.07) is -0.830. The summed E-state index contributed by atoms with van der Waals surface area (Å²) in [6.45, 7) is 7.50. The molecule has 1 aromatic heterocycles. The molecule has 20 heavy (non-hydrogen) atoms. The predicted molar refractivity (Wildman–Crippen MR) is 69.6 cm³/mol. The van der Waals surface area contributed by atoms with E-state index in [9.17, 15) is 18.0 Å². The smallest absolute Gasteiger partial charge is 0.341 e. The summed E-state index contributed by atoms with van der Waals surface area (Å²) in [7, 11) is 0. The summed E-state index contributed by atoms with van der Waals surface area (Å²) in [5.74, 6) is -0.286. The SMILES string of the molecule is CCN(CC)C(=O)[C@H](C)n1nc(C(F)(F)F)c(Cl)c1C. The second-order valence-electron chi connectivity index (χ2n) is 4.38. The summed E-state index contributed by atoms with van der Waals surface area (Å²) in [6.07, 6.45) is -4.63. The standard InChI is InChI=1S/C12H17ClF3N3O/c1-5-18(6-2)11(20)8(4)19-7(3)9(13)10(17-19)12(14,15)16/h8H,5-6H2,1-4H3/t8-/m0/s1. The molecule has 0 radical (unpaired) electrons. The van der Waals surface area contributed by atoms with Gasteiger partial charge in [-0.1, -0.05) is 11.6 Å². The normalized spacial score (nSPS) is 13.4. The maximum absolute atomic E-state index is 12.7. The van der Waals surface area contributed by atoms with Gasteiger partial charge in [0.15, 0.2) is 5.69 Å². The first-order valence-electron chi connectivity index (χ1n) is 6.25. The predicted octanol–water partition coefficient (Wildman–Crippen LogP) is 3.29. The van der Waals surface area contributed by atoms with Crippen LogP contribution in [0.25, 0.3) is 0 Å². The highest BCUT2D eigenvalue weighted by Crippen LogP contribution is 2.36. The van der Waals surface area contributed by atoms with Crippen LogP contribution in [-0.2, 0) is 11.0 Å². The average Bonchev–Trinajstić information content (AvgIpc) is 2.66. The summed E-state index contributed by atoms with van der Waals surface area (Å²) < 4.78 is 39.3. The number of rotatable bonds is 4. The Morgan fingerprint density at radius 3 is 2.25 bits per heavy atom. The molecule has 0 aliphatic heterocycles. The van der Waals surface area contributed by atoms with E-state index in [-0.39, 0.29) is 11.6 Å². The van der Waals surface area contributed by atoms with Crippen LogP contribution < -0.4 is 0 Å². The van der Waals surface area contributed by atoms with Gasteiger partial charge in [0.25, 0.3) is 0 Å². The minimum Gasteiger partial charge on any atom is -0.341 e. The molecule has 8 heteroatoms. The maximum Gasteiger partial charge on any atom is 0.436 e. The molecule has 0 saturated heterocycles. The number of likely N-dealkylation sites (N-methyl/N-ethyl adjacent to an activating group) is 1. The zero-order valence-corrected chi connectivity index (χ0v) is 12.5. The fraction of sp³-hybridized carbons (Fsp3) is 0.667. The number of nitrogens with zero attached hydrogens (tertiary/aromatic N) is 3. The van der Waals surface area contributed by atoms with E-state index in [2.05, 4.69) is 5.10 Å². The molecule has 1 aromatic rings. The van der Waals surface area contributed by atoms with Crippen molar-refractivity contribution in [2.24, 2.45) is 0 Å². The highest BCUT2D eigenvalue weighted by atomic mass is 35.5. The topological polar surface area (TPSA) is 38.1 Å². The van der Waals surface area contributed by atoms with Crippen LogP contribution in [-0.4, -0.2) is 33.7 Å². The largest absolute Gasteiger partial charge is 0.436 e. The van der Waals surface area contributed by atoms with Gasteiger partial charge < -0.3 is 4.90 Å². The molecular formula is C12H17ClF3N3O. The molecule has 0 N–H and O–H groups in total. The molecule has 1 rings (SSSR count). The Labute approximate surface area is 120 Å². The van der Waals surface area contributed by atoms with Crippen LogP contribution in [0.5, 0.6) is 0 Å². The van der Waals surface area contributed by atoms with Crippen molar-refractivity contribution in [1.29, 1.82) is 0 Å². The van der Waals surface area contributed by atoms with Gasteiger partial charge in [-0.3, -0.25) is 9.48 Å². The number of halogens is 4. The number of alkyl halides is 3. The van der Waals surface area contributed by atoms with Crippen LogP contribution in [0.1, 0.15) is 38.2 Å². The van der Waals surface area contributed by atoms with Gasteiger partial charge in [0, 0.05) is 13.1 Å². The molecule has 1 amide bonds. The second kappa shape index (κ2) is 6.03. The average molecular weight is 312 g/mol. The van der Waals surface area contributed by atoms with Crippen molar-refractivity contribution in [2.45, 2.75) is 39.9 Å². The lowest BCUT2D eigenvalue weighted by Crippen LogP contribution is -2.36. The number of aromatic nitrogens is 2. The number of hydrogen-bond donors (Lipinski definition) is 0. The number of hydrogen-bond acceptors (Lipinski definition) is 2. The molecule has 4 nitrogen and oxygen atoms in total. The molecule has 1 heterocycles. The zero-order chi connectivity index (χ0) is 15.7. The van der Waals surface area contributed by atoms with Crippen molar-refractivity contribution in [3.8, 4) is 0 Å². The lowest BCUT2D eigenvalue weighted by molar-refractivity contribution is -0.142. The summed E-state index contributed by atoms with van der Waals surface area (Å²) in [4.78, 5) is 13.7. The van der Waals surface area contributed by atoms with Gasteiger partial charge in [-0.2, -0.15) is 18.3 Å². The van der Waals surface area contributed by atoms with E-state index >= 15 is 0 Å². The Morgan fingerprint density at radius 2 is 1.90 bits per heavy atom. The van der Waals surface area contributed by atoms with E-state index in [4.69, 9.17) is 11.6 Å². The molecule has 114 valence electrons. The molecule has 0 saturated carbocycles. The van der Waals surface area contributed by atoms with Gasteiger partial charge in [0.1, 0.15) is 6.04 Å². The fourth-order valence-electron chi connectivity index (χ4n) is 1.96. The molecule has 0 aromatic carbocycles. The third kappa shape index (κ3) is 3.08. The van der Waals surface area contributed by atoms with Gasteiger partial charge in [-0.05, 0) is 27.7 Å². The first-order valence-corrected chi connectivity index (χ1v) is 6.63. The molecule has 0 unspecified atom stereocenters. The summed E-state index contributed by atoms with van der Waals surface area (Å²) in [5, 5.41) is 3.00. The lowest BCUT2D eigenvalue weighted by Gasteiger charge is -2.23. The Balaban J connectivity index is 3.18. The summed E-state index contributed by atoms with van der Waals surface area (Å²) >= 11 is 5.67. The first kappa shape index (κ1) is 16.8. The Bertz CT molecular complexity index is 495. The van der Waals surface area contributed by atoms with Crippen molar-refractivity contribution in [1.82, 2.24) is 14.7 Å². The van der Waals surface area contributed by atoms with Crippen LogP contribution in [0.2, 0.25) is 5.02 Å². The van der Waals surface area contributed by atoms with Gasteiger partial charge in [-0.15, -0.1) is 0 Å². The molecule has 0 fully saturated rings. The monoisotopic (exact) mass is 311 g/mol. The number of amides is 1. The van der Waals surface area contributed by atoms with Crippen LogP contribution in [0.3, 0.4) is 0 Å². The third-order valence-corrected chi connectivity index (χ3v) is 3.60. The minimum atomic E-state index is -4.63. The second-order valence-corrected chi connectivity index (χ2v) is 4.75. The minimum absolute atomic E-state index is 0.131. The van der Waals surface area contributed by atoms with Gasteiger partial charge in [0.2, 0.25) is 5.91 Å². The Morgan fingerprint density at radius 1 is 1.40 bits per heavy atom. The molecule has 0 bridgehead atoms. The van der Waals surface area contributed by atoms with E-state index in [1.807, 2.05) is 0 Å². The van der Waals surface area contributed by atoms with Crippen LogP contribution in [0.4, 0.5) is 13.2 Å². The van der Waals surface area contributed by atoms with E-state index < -0.39 is 22.9 Å². The van der Waals surface area contributed by atoms with Crippen LogP contribution in [0.15, 0.2) is 0 Å². The van der Waals surface area contributed by atoms with Crippen molar-refractivity contribution in [3.63, 3.8) is 0 Å². The first-order chi connectivity index (χ1) is 9.15. The van der Waals surface area contributed by atoms with E-state index in [0.717, 1.165) is 4.68 Å². The van der Waals surface area contributed by atoms with Gasteiger partial charge >= 0.3 is 6.18 Å². The van der Waals surface area contributed by atoms with E-state index in [0.29, 0.717) is 13.1 Å². The van der Waals surface area contributed by atoms with Crippen LogP contribution in [0, 0.1) is 6.92 Å².